The molecule has 1 aliphatic rings. The number of para-hydroxylation sites is 1. The standard InChI is InChI=1S/C27H19F2N7OS/c28-20-8-7-19(38-20)16-5-2-6-17-24(16)34-26(33-17)25-21-18(35-36-25)12-31-23(22(21)29)14-9-15(11-30-10-14)32-27(37)13-3-1-4-13/h2,5-13H,1,3-4H2,(H,32,37)(H,33,34)(H,35,36). The molecule has 1 saturated carbocycles. The molecule has 1 amide bonds. The number of aromatic nitrogens is 6. The molecule has 1 aromatic carbocycles. The van der Waals surface area contributed by atoms with Crippen LogP contribution < -0.4 is 5.32 Å². The summed E-state index contributed by atoms with van der Waals surface area (Å²) < 4.78 is 29.7. The summed E-state index contributed by atoms with van der Waals surface area (Å²) in [5.41, 5.74) is 3.82. The molecule has 5 heterocycles. The second-order valence-corrected chi connectivity index (χ2v) is 10.3. The normalized spacial score (nSPS) is 13.7. The third-order valence-corrected chi connectivity index (χ3v) is 7.78. The van der Waals surface area contributed by atoms with Crippen LogP contribution in [0.5, 0.6) is 0 Å². The SMILES string of the molecule is O=C(Nc1cncc(-c2ncc3[nH]nc(-c4nc5c(-c6ccc(F)s6)cccc5[nH]4)c3c2F)c1)C1CCC1. The highest BCUT2D eigenvalue weighted by Gasteiger charge is 2.26. The number of nitrogens with zero attached hydrogens (tertiary/aromatic N) is 4. The summed E-state index contributed by atoms with van der Waals surface area (Å²) >= 11 is 1.03. The highest BCUT2D eigenvalue weighted by molar-refractivity contribution is 7.14. The van der Waals surface area contributed by atoms with Gasteiger partial charge in [0.05, 0.1) is 40.0 Å². The van der Waals surface area contributed by atoms with Crippen LogP contribution in [0.4, 0.5) is 14.5 Å². The van der Waals surface area contributed by atoms with E-state index in [1.165, 1.54) is 24.7 Å². The number of fused-ring (bicyclic) bond motifs is 2. The van der Waals surface area contributed by atoms with Gasteiger partial charge in [-0.2, -0.15) is 9.49 Å². The molecular weight excluding hydrogens is 508 g/mol. The minimum atomic E-state index is -0.587. The fraction of sp³-hybridized carbons (Fsp3) is 0.148. The van der Waals surface area contributed by atoms with Crippen molar-refractivity contribution in [3.63, 3.8) is 0 Å². The second-order valence-electron chi connectivity index (χ2n) is 9.25. The van der Waals surface area contributed by atoms with Gasteiger partial charge in [-0.15, -0.1) is 11.3 Å². The Morgan fingerprint density at radius 2 is 1.95 bits per heavy atom. The molecule has 188 valence electrons. The fourth-order valence-corrected chi connectivity index (χ4v) is 5.46. The monoisotopic (exact) mass is 527 g/mol. The highest BCUT2D eigenvalue weighted by Crippen LogP contribution is 2.36. The summed E-state index contributed by atoms with van der Waals surface area (Å²) in [6, 6.07) is 10.4. The van der Waals surface area contributed by atoms with Crippen LogP contribution in [-0.4, -0.2) is 36.0 Å². The van der Waals surface area contributed by atoms with Gasteiger partial charge in [-0.25, -0.2) is 9.37 Å². The Labute approximate surface area is 218 Å². The summed E-state index contributed by atoms with van der Waals surface area (Å²) in [6.45, 7) is 0. The summed E-state index contributed by atoms with van der Waals surface area (Å²) in [4.78, 5) is 29.5. The molecule has 0 saturated heterocycles. The summed E-state index contributed by atoms with van der Waals surface area (Å²) in [6.07, 6.45) is 7.35. The minimum absolute atomic E-state index is 0.0153. The lowest BCUT2D eigenvalue weighted by molar-refractivity contribution is -0.122. The molecule has 5 aromatic heterocycles. The lowest BCUT2D eigenvalue weighted by Crippen LogP contribution is -2.28. The number of pyridine rings is 2. The van der Waals surface area contributed by atoms with Gasteiger partial charge < -0.3 is 10.3 Å². The molecule has 1 aliphatic carbocycles. The Morgan fingerprint density at radius 3 is 2.74 bits per heavy atom. The van der Waals surface area contributed by atoms with Crippen LogP contribution in [-0.2, 0) is 4.79 Å². The number of H-pyrrole nitrogens is 2. The van der Waals surface area contributed by atoms with E-state index in [9.17, 15) is 9.18 Å². The Bertz CT molecular complexity index is 1850. The van der Waals surface area contributed by atoms with Gasteiger partial charge in [0.25, 0.3) is 0 Å². The number of carbonyl (C=O) groups is 1. The molecule has 0 radical (unpaired) electrons. The molecule has 8 nitrogen and oxygen atoms in total. The lowest BCUT2D eigenvalue weighted by Gasteiger charge is -2.24. The number of anilines is 1. The van der Waals surface area contributed by atoms with Crippen molar-refractivity contribution in [3.8, 4) is 33.2 Å². The second kappa shape index (κ2) is 8.80. The van der Waals surface area contributed by atoms with Gasteiger partial charge in [0.2, 0.25) is 5.91 Å². The van der Waals surface area contributed by atoms with Crippen LogP contribution in [0.3, 0.4) is 0 Å². The number of hydrogen-bond acceptors (Lipinski definition) is 6. The van der Waals surface area contributed by atoms with Crippen LogP contribution in [0.15, 0.2) is 55.0 Å². The van der Waals surface area contributed by atoms with E-state index >= 15 is 4.39 Å². The third kappa shape index (κ3) is 3.74. The van der Waals surface area contributed by atoms with Crippen molar-refractivity contribution in [2.45, 2.75) is 19.3 Å². The first-order valence-corrected chi connectivity index (χ1v) is 12.9. The summed E-state index contributed by atoms with van der Waals surface area (Å²) in [5, 5.41) is 9.97. The van der Waals surface area contributed by atoms with Crippen LogP contribution in [0, 0.1) is 16.9 Å². The Hall–Kier alpha value is -4.51. The van der Waals surface area contributed by atoms with E-state index in [-0.39, 0.29) is 28.0 Å². The average molecular weight is 528 g/mol. The number of rotatable bonds is 5. The van der Waals surface area contributed by atoms with E-state index in [0.717, 1.165) is 46.6 Å². The largest absolute Gasteiger partial charge is 0.337 e. The van der Waals surface area contributed by atoms with E-state index in [0.29, 0.717) is 33.8 Å². The van der Waals surface area contributed by atoms with E-state index in [1.54, 1.807) is 12.1 Å². The number of hydrogen-bond donors (Lipinski definition) is 3. The molecule has 0 atom stereocenters. The Balaban J connectivity index is 1.30. The first-order chi connectivity index (χ1) is 18.5. The first kappa shape index (κ1) is 22.7. The molecule has 0 aliphatic heterocycles. The number of nitrogens with one attached hydrogen (secondary N) is 3. The van der Waals surface area contributed by atoms with Crippen LogP contribution in [0.1, 0.15) is 19.3 Å². The predicted molar refractivity (Wildman–Crippen MR) is 141 cm³/mol. The quantitative estimate of drug-likeness (QED) is 0.243. The van der Waals surface area contributed by atoms with Crippen molar-refractivity contribution in [1.82, 2.24) is 30.1 Å². The zero-order valence-corrected chi connectivity index (χ0v) is 20.6. The highest BCUT2D eigenvalue weighted by atomic mass is 32.1. The molecule has 0 unspecified atom stereocenters. The number of benzene rings is 1. The fourth-order valence-electron chi connectivity index (χ4n) is 4.70. The maximum atomic E-state index is 16.0. The minimum Gasteiger partial charge on any atom is -0.337 e. The van der Waals surface area contributed by atoms with Gasteiger partial charge in [-0.3, -0.25) is 19.9 Å². The molecule has 6 aromatic rings. The smallest absolute Gasteiger partial charge is 0.227 e. The molecule has 38 heavy (non-hydrogen) atoms. The van der Waals surface area contributed by atoms with Crippen molar-refractivity contribution < 1.29 is 13.6 Å². The van der Waals surface area contributed by atoms with Gasteiger partial charge in [-0.1, -0.05) is 18.6 Å². The Kier molecular flexibility index (Phi) is 5.25. The van der Waals surface area contributed by atoms with Gasteiger partial charge >= 0.3 is 0 Å². The third-order valence-electron chi connectivity index (χ3n) is 6.88. The van der Waals surface area contributed by atoms with Crippen molar-refractivity contribution in [3.05, 3.63) is 65.9 Å². The summed E-state index contributed by atoms with van der Waals surface area (Å²) in [7, 11) is 0. The van der Waals surface area contributed by atoms with Crippen LogP contribution in [0.25, 0.3) is 55.2 Å². The number of imidazole rings is 1. The van der Waals surface area contributed by atoms with Gasteiger partial charge in [-0.05, 0) is 37.1 Å². The first-order valence-electron chi connectivity index (χ1n) is 12.1. The molecule has 3 N–H and O–H groups in total. The van der Waals surface area contributed by atoms with E-state index < -0.39 is 5.82 Å². The number of aromatic amines is 2. The molecular formula is C27H19F2N7OS. The number of halogens is 2. The van der Waals surface area contributed by atoms with Gasteiger partial charge in [0.15, 0.2) is 16.8 Å². The zero-order chi connectivity index (χ0) is 25.8. The van der Waals surface area contributed by atoms with Crippen molar-refractivity contribution >= 4 is 44.9 Å². The predicted octanol–water partition coefficient (Wildman–Crippen LogP) is 6.31. The molecule has 1 fully saturated rings. The number of amides is 1. The Morgan fingerprint density at radius 1 is 1.05 bits per heavy atom. The molecule has 7 rings (SSSR count). The van der Waals surface area contributed by atoms with Crippen molar-refractivity contribution in [2.24, 2.45) is 5.92 Å². The van der Waals surface area contributed by atoms with Gasteiger partial charge in [0.1, 0.15) is 11.4 Å². The molecule has 0 bridgehead atoms. The maximum Gasteiger partial charge on any atom is 0.227 e. The van der Waals surface area contributed by atoms with E-state index in [4.69, 9.17) is 4.98 Å². The van der Waals surface area contributed by atoms with E-state index in [1.807, 2.05) is 18.2 Å². The van der Waals surface area contributed by atoms with Gasteiger partial charge in [0, 0.05) is 28.1 Å². The number of carbonyl (C=O) groups excluding carboxylic acids is 1. The average Bonchev–Trinajstić information content (AvgIpc) is 3.61. The zero-order valence-electron chi connectivity index (χ0n) is 19.8. The lowest BCUT2D eigenvalue weighted by atomic mass is 9.85. The molecule has 0 spiro atoms. The summed E-state index contributed by atoms with van der Waals surface area (Å²) in [5.74, 6) is -0.254. The molecule has 11 heteroatoms. The topological polar surface area (TPSA) is 112 Å². The van der Waals surface area contributed by atoms with Crippen LogP contribution >= 0.6 is 11.3 Å². The van der Waals surface area contributed by atoms with Crippen molar-refractivity contribution in [2.75, 3.05) is 5.32 Å². The van der Waals surface area contributed by atoms with Crippen molar-refractivity contribution in [1.29, 1.82) is 0 Å². The maximum absolute atomic E-state index is 16.0. The van der Waals surface area contributed by atoms with E-state index in [2.05, 4.69) is 30.5 Å². The number of thiophene rings is 1. The van der Waals surface area contributed by atoms with Crippen LogP contribution in [0.2, 0.25) is 0 Å².